The summed E-state index contributed by atoms with van der Waals surface area (Å²) < 4.78 is 13.5. The highest BCUT2D eigenvalue weighted by Gasteiger charge is 2.12. The molecule has 1 unspecified atom stereocenters. The van der Waals surface area contributed by atoms with Gasteiger partial charge in [-0.3, -0.25) is 4.79 Å². The maximum absolute atomic E-state index is 13.5. The molecule has 0 aliphatic rings. The van der Waals surface area contributed by atoms with E-state index in [9.17, 15) is 14.0 Å². The third-order valence-corrected chi connectivity index (χ3v) is 2.63. The largest absolute Gasteiger partial charge is 0.481 e. The van der Waals surface area contributed by atoms with E-state index >= 15 is 0 Å². The van der Waals surface area contributed by atoms with E-state index in [1.54, 1.807) is 26.0 Å². The van der Waals surface area contributed by atoms with Gasteiger partial charge in [-0.25, -0.2) is 9.18 Å². The topological polar surface area (TPSA) is 78.4 Å². The highest BCUT2D eigenvalue weighted by Crippen LogP contribution is 2.18. The van der Waals surface area contributed by atoms with Gasteiger partial charge in [0.15, 0.2) is 0 Å². The van der Waals surface area contributed by atoms with Crippen LogP contribution in [0.25, 0.3) is 0 Å². The summed E-state index contributed by atoms with van der Waals surface area (Å²) >= 11 is 0. The molecule has 1 aromatic rings. The number of hydrogen-bond donors (Lipinski definition) is 3. The monoisotopic (exact) mass is 268 g/mol. The molecule has 0 spiro atoms. The van der Waals surface area contributed by atoms with Gasteiger partial charge in [0.05, 0.1) is 5.69 Å². The molecular weight excluding hydrogens is 251 g/mol. The van der Waals surface area contributed by atoms with Crippen molar-refractivity contribution in [2.45, 2.75) is 32.7 Å². The molecule has 0 aliphatic carbocycles. The Morgan fingerprint density at radius 2 is 2.11 bits per heavy atom. The minimum absolute atomic E-state index is 0.0276. The van der Waals surface area contributed by atoms with Crippen molar-refractivity contribution in [2.75, 3.05) is 5.32 Å². The third kappa shape index (κ3) is 4.95. The van der Waals surface area contributed by atoms with Crippen molar-refractivity contribution in [3.05, 3.63) is 29.6 Å². The lowest BCUT2D eigenvalue weighted by Crippen LogP contribution is -2.36. The second-order valence-electron chi connectivity index (χ2n) is 4.36. The van der Waals surface area contributed by atoms with E-state index in [1.165, 1.54) is 6.07 Å². The quantitative estimate of drug-likeness (QED) is 0.767. The summed E-state index contributed by atoms with van der Waals surface area (Å²) in [5.74, 6) is -1.42. The van der Waals surface area contributed by atoms with Crippen LogP contribution in [0, 0.1) is 12.7 Å². The first kappa shape index (κ1) is 14.9. The minimum Gasteiger partial charge on any atom is -0.481 e. The number of benzene rings is 1. The second-order valence-corrected chi connectivity index (χ2v) is 4.36. The summed E-state index contributed by atoms with van der Waals surface area (Å²) in [6.45, 7) is 3.38. The van der Waals surface area contributed by atoms with Crippen LogP contribution in [0.1, 0.15) is 25.3 Å². The normalized spacial score (nSPS) is 11.7. The number of para-hydroxylation sites is 1. The third-order valence-electron chi connectivity index (χ3n) is 2.63. The number of carbonyl (C=O) groups is 2. The Labute approximate surface area is 110 Å². The number of nitrogens with one attached hydrogen (secondary N) is 2. The van der Waals surface area contributed by atoms with Gasteiger partial charge in [0.2, 0.25) is 0 Å². The lowest BCUT2D eigenvalue weighted by molar-refractivity contribution is -0.137. The van der Waals surface area contributed by atoms with Gasteiger partial charge in [0.1, 0.15) is 5.82 Å². The molecule has 0 aliphatic heterocycles. The van der Waals surface area contributed by atoms with Gasteiger partial charge in [0, 0.05) is 12.5 Å². The summed E-state index contributed by atoms with van der Waals surface area (Å²) in [6, 6.07) is 3.65. The average molecular weight is 268 g/mol. The standard InChI is InChI=1S/C13H17FN2O3/c1-8-4-3-5-10(14)12(8)16-13(19)15-9(2)6-7-11(17)18/h3-5,9H,6-7H2,1-2H3,(H,17,18)(H2,15,16,19). The van der Waals surface area contributed by atoms with E-state index in [0.29, 0.717) is 12.0 Å². The molecule has 2 amide bonds. The fourth-order valence-corrected chi connectivity index (χ4v) is 1.58. The lowest BCUT2D eigenvalue weighted by atomic mass is 10.2. The molecule has 104 valence electrons. The maximum Gasteiger partial charge on any atom is 0.319 e. The van der Waals surface area contributed by atoms with Crippen LogP contribution >= 0.6 is 0 Å². The van der Waals surface area contributed by atoms with Gasteiger partial charge in [-0.15, -0.1) is 0 Å². The van der Waals surface area contributed by atoms with Crippen molar-refractivity contribution in [2.24, 2.45) is 0 Å². The van der Waals surface area contributed by atoms with Crippen LogP contribution in [-0.2, 0) is 4.79 Å². The van der Waals surface area contributed by atoms with Crippen molar-refractivity contribution in [3.63, 3.8) is 0 Å². The molecule has 1 rings (SSSR count). The Bertz CT molecular complexity index is 457. The molecule has 0 aromatic heterocycles. The fraction of sp³-hybridized carbons (Fsp3) is 0.385. The summed E-state index contributed by atoms with van der Waals surface area (Å²) in [7, 11) is 0. The zero-order chi connectivity index (χ0) is 14.4. The molecule has 5 nitrogen and oxygen atoms in total. The number of carboxylic acid groups (broad SMARTS) is 1. The van der Waals surface area contributed by atoms with Crippen molar-refractivity contribution >= 4 is 17.7 Å². The molecule has 19 heavy (non-hydrogen) atoms. The molecule has 3 N–H and O–H groups in total. The van der Waals surface area contributed by atoms with Crippen LogP contribution in [0.2, 0.25) is 0 Å². The Balaban J connectivity index is 2.53. The highest BCUT2D eigenvalue weighted by molar-refractivity contribution is 5.90. The molecule has 1 atom stereocenters. The van der Waals surface area contributed by atoms with Crippen molar-refractivity contribution in [3.8, 4) is 0 Å². The van der Waals surface area contributed by atoms with Crippen LogP contribution in [0.4, 0.5) is 14.9 Å². The molecule has 0 fully saturated rings. The number of halogens is 1. The minimum atomic E-state index is -0.918. The van der Waals surface area contributed by atoms with E-state index in [1.807, 2.05) is 0 Å². The SMILES string of the molecule is Cc1cccc(F)c1NC(=O)NC(C)CCC(=O)O. The summed E-state index contributed by atoms with van der Waals surface area (Å²) in [5, 5.41) is 13.5. The smallest absolute Gasteiger partial charge is 0.319 e. The number of anilines is 1. The number of aryl methyl sites for hydroxylation is 1. The summed E-state index contributed by atoms with van der Waals surface area (Å²) in [5.41, 5.74) is 0.749. The second kappa shape index (κ2) is 6.72. The first-order valence-electron chi connectivity index (χ1n) is 5.94. The molecule has 0 heterocycles. The van der Waals surface area contributed by atoms with E-state index in [2.05, 4.69) is 10.6 Å². The number of hydrogen-bond acceptors (Lipinski definition) is 2. The number of aliphatic carboxylic acids is 1. The van der Waals surface area contributed by atoms with Gasteiger partial charge in [0.25, 0.3) is 0 Å². The van der Waals surface area contributed by atoms with E-state index in [4.69, 9.17) is 5.11 Å². The summed E-state index contributed by atoms with van der Waals surface area (Å²) in [6.07, 6.45) is 0.291. The first-order valence-corrected chi connectivity index (χ1v) is 5.94. The Hall–Kier alpha value is -2.11. The zero-order valence-electron chi connectivity index (χ0n) is 10.9. The molecular formula is C13H17FN2O3. The van der Waals surface area contributed by atoms with Crippen LogP contribution < -0.4 is 10.6 Å². The van der Waals surface area contributed by atoms with Gasteiger partial charge in [-0.05, 0) is 31.9 Å². The number of carbonyl (C=O) groups excluding carboxylic acids is 1. The van der Waals surface area contributed by atoms with E-state index in [-0.39, 0.29) is 18.2 Å². The van der Waals surface area contributed by atoms with Gasteiger partial charge in [-0.2, -0.15) is 0 Å². The Morgan fingerprint density at radius 3 is 2.68 bits per heavy atom. The first-order chi connectivity index (χ1) is 8.90. The molecule has 0 saturated heterocycles. The van der Waals surface area contributed by atoms with Gasteiger partial charge in [-0.1, -0.05) is 12.1 Å². The Morgan fingerprint density at radius 1 is 1.42 bits per heavy atom. The molecule has 0 saturated carbocycles. The van der Waals surface area contributed by atoms with Crippen LogP contribution in [0.3, 0.4) is 0 Å². The average Bonchev–Trinajstić information content (AvgIpc) is 2.31. The van der Waals surface area contributed by atoms with Crippen molar-refractivity contribution in [1.82, 2.24) is 5.32 Å². The van der Waals surface area contributed by atoms with Crippen LogP contribution in [0.5, 0.6) is 0 Å². The number of amides is 2. The predicted molar refractivity (Wildman–Crippen MR) is 69.6 cm³/mol. The van der Waals surface area contributed by atoms with Crippen molar-refractivity contribution < 1.29 is 19.1 Å². The van der Waals surface area contributed by atoms with Crippen molar-refractivity contribution in [1.29, 1.82) is 0 Å². The van der Waals surface area contributed by atoms with E-state index < -0.39 is 17.8 Å². The van der Waals surface area contributed by atoms with E-state index in [0.717, 1.165) is 0 Å². The number of urea groups is 1. The maximum atomic E-state index is 13.5. The van der Waals surface area contributed by atoms with Gasteiger partial charge >= 0.3 is 12.0 Å². The lowest BCUT2D eigenvalue weighted by Gasteiger charge is -2.15. The predicted octanol–water partition coefficient (Wildman–Crippen LogP) is 2.51. The Kier molecular flexibility index (Phi) is 5.29. The molecule has 1 aromatic carbocycles. The van der Waals surface area contributed by atoms with Crippen LogP contribution in [-0.4, -0.2) is 23.1 Å². The fourth-order valence-electron chi connectivity index (χ4n) is 1.58. The molecule has 0 radical (unpaired) electrons. The number of rotatable bonds is 5. The zero-order valence-corrected chi connectivity index (χ0v) is 10.9. The molecule has 0 bridgehead atoms. The highest BCUT2D eigenvalue weighted by atomic mass is 19.1. The van der Waals surface area contributed by atoms with Gasteiger partial charge < -0.3 is 15.7 Å². The van der Waals surface area contributed by atoms with Crippen LogP contribution in [0.15, 0.2) is 18.2 Å². The summed E-state index contributed by atoms with van der Waals surface area (Å²) in [4.78, 5) is 22.0. The molecule has 6 heteroatoms. The number of carboxylic acids is 1.